The smallest absolute Gasteiger partial charge is 0.387 e. The molecular weight excluding hydrogens is 268 g/mol. The molecule has 15 heavy (non-hydrogen) atoms. The molecule has 0 aliphatic carbocycles. The van der Waals surface area contributed by atoms with Crippen LogP contribution in [0.2, 0.25) is 0 Å². The van der Waals surface area contributed by atoms with Gasteiger partial charge < -0.3 is 4.74 Å². The highest BCUT2D eigenvalue weighted by atomic mass is 79.9. The second-order valence-electron chi connectivity index (χ2n) is 2.75. The molecule has 0 spiro atoms. The SMILES string of the molecule is N#CCCc1c(Br)cccc1OC(F)F. The first kappa shape index (κ1) is 11.9. The van der Waals surface area contributed by atoms with Crippen LogP contribution in [0.25, 0.3) is 0 Å². The highest BCUT2D eigenvalue weighted by molar-refractivity contribution is 9.10. The molecule has 0 bridgehead atoms. The Morgan fingerprint density at radius 2 is 2.20 bits per heavy atom. The Kier molecular flexibility index (Phi) is 4.50. The zero-order valence-corrected chi connectivity index (χ0v) is 9.30. The summed E-state index contributed by atoms with van der Waals surface area (Å²) < 4.78 is 29.1. The Labute approximate surface area is 94.6 Å². The third-order valence-electron chi connectivity index (χ3n) is 1.78. The third kappa shape index (κ3) is 3.48. The minimum absolute atomic E-state index is 0.120. The molecule has 0 aliphatic heterocycles. The molecule has 1 rings (SSSR count). The van der Waals surface area contributed by atoms with Crippen LogP contribution in [-0.4, -0.2) is 6.61 Å². The number of rotatable bonds is 4. The number of hydrogen-bond acceptors (Lipinski definition) is 2. The van der Waals surface area contributed by atoms with Crippen LogP contribution in [0.4, 0.5) is 8.78 Å². The summed E-state index contributed by atoms with van der Waals surface area (Å²) in [5, 5.41) is 8.44. The molecule has 5 heteroatoms. The summed E-state index contributed by atoms with van der Waals surface area (Å²) in [4.78, 5) is 0. The average molecular weight is 276 g/mol. The van der Waals surface area contributed by atoms with Gasteiger partial charge in [-0.2, -0.15) is 14.0 Å². The molecule has 0 saturated carbocycles. The van der Waals surface area contributed by atoms with Crippen LogP contribution in [0.5, 0.6) is 5.75 Å². The van der Waals surface area contributed by atoms with Crippen molar-refractivity contribution in [2.24, 2.45) is 0 Å². The van der Waals surface area contributed by atoms with E-state index in [1.807, 2.05) is 6.07 Å². The summed E-state index contributed by atoms with van der Waals surface area (Å²) in [5.41, 5.74) is 0.597. The quantitative estimate of drug-likeness (QED) is 0.843. The van der Waals surface area contributed by atoms with Crippen LogP contribution in [0.15, 0.2) is 22.7 Å². The fourth-order valence-electron chi connectivity index (χ4n) is 1.17. The minimum Gasteiger partial charge on any atom is -0.435 e. The Morgan fingerprint density at radius 3 is 2.80 bits per heavy atom. The molecule has 0 radical (unpaired) electrons. The molecule has 0 unspecified atom stereocenters. The molecule has 2 nitrogen and oxygen atoms in total. The first-order chi connectivity index (χ1) is 7.15. The van der Waals surface area contributed by atoms with Gasteiger partial charge in [-0.25, -0.2) is 0 Å². The van der Waals surface area contributed by atoms with Crippen molar-refractivity contribution in [2.75, 3.05) is 0 Å². The lowest BCUT2D eigenvalue weighted by Crippen LogP contribution is -2.04. The first-order valence-corrected chi connectivity index (χ1v) is 5.03. The maximum absolute atomic E-state index is 12.1. The second-order valence-corrected chi connectivity index (χ2v) is 3.61. The van der Waals surface area contributed by atoms with Crippen molar-refractivity contribution in [2.45, 2.75) is 19.5 Å². The number of nitriles is 1. The van der Waals surface area contributed by atoms with Gasteiger partial charge in [0.2, 0.25) is 0 Å². The molecule has 80 valence electrons. The van der Waals surface area contributed by atoms with E-state index in [-0.39, 0.29) is 12.2 Å². The summed E-state index contributed by atoms with van der Waals surface area (Å²) in [6, 6.07) is 6.76. The van der Waals surface area contributed by atoms with Crippen LogP contribution < -0.4 is 4.74 Å². The highest BCUT2D eigenvalue weighted by Crippen LogP contribution is 2.29. The van der Waals surface area contributed by atoms with Gasteiger partial charge in [0.05, 0.1) is 6.07 Å². The molecule has 0 amide bonds. The molecule has 0 aliphatic rings. The lowest BCUT2D eigenvalue weighted by Gasteiger charge is -2.10. The van der Waals surface area contributed by atoms with Crippen LogP contribution in [0, 0.1) is 11.3 Å². The Bertz CT molecular complexity index is 376. The predicted molar refractivity (Wildman–Crippen MR) is 54.7 cm³/mol. The summed E-state index contributed by atoms with van der Waals surface area (Å²) >= 11 is 3.23. The van der Waals surface area contributed by atoms with Crippen LogP contribution in [0.1, 0.15) is 12.0 Å². The largest absolute Gasteiger partial charge is 0.435 e. The molecular formula is C10H8BrF2NO. The molecule has 1 aromatic rings. The average Bonchev–Trinajstić information content (AvgIpc) is 2.16. The Morgan fingerprint density at radius 1 is 1.47 bits per heavy atom. The summed E-state index contributed by atoms with van der Waals surface area (Å²) in [6.45, 7) is -2.85. The third-order valence-corrected chi connectivity index (χ3v) is 2.52. The van der Waals surface area contributed by atoms with E-state index < -0.39 is 6.61 Å². The van der Waals surface area contributed by atoms with E-state index in [4.69, 9.17) is 5.26 Å². The standard InChI is InChI=1S/C10H8BrF2NO/c11-8-4-1-5-9(15-10(12)13)7(8)3-2-6-14/h1,4-5,10H,2-3H2. The van der Waals surface area contributed by atoms with E-state index in [1.54, 1.807) is 12.1 Å². The summed E-state index contributed by atoms with van der Waals surface area (Å²) in [5.74, 6) is 0.120. The van der Waals surface area contributed by atoms with Gasteiger partial charge in [0.25, 0.3) is 0 Å². The number of hydrogen-bond donors (Lipinski definition) is 0. The van der Waals surface area contributed by atoms with Crippen LogP contribution >= 0.6 is 15.9 Å². The van der Waals surface area contributed by atoms with Crippen molar-refractivity contribution in [1.29, 1.82) is 5.26 Å². The Balaban J connectivity index is 2.93. The zero-order chi connectivity index (χ0) is 11.3. The predicted octanol–water partition coefficient (Wildman–Crippen LogP) is 3.51. The molecule has 0 atom stereocenters. The fourth-order valence-corrected chi connectivity index (χ4v) is 1.72. The summed E-state index contributed by atoms with van der Waals surface area (Å²) in [7, 11) is 0. The summed E-state index contributed by atoms with van der Waals surface area (Å²) in [6.07, 6.45) is 0.655. The van der Waals surface area contributed by atoms with Gasteiger partial charge in [-0.05, 0) is 18.6 Å². The molecule has 0 fully saturated rings. The van der Waals surface area contributed by atoms with Crippen molar-refractivity contribution in [3.8, 4) is 11.8 Å². The fraction of sp³-hybridized carbons (Fsp3) is 0.300. The van der Waals surface area contributed by atoms with Crippen molar-refractivity contribution < 1.29 is 13.5 Å². The van der Waals surface area contributed by atoms with Gasteiger partial charge in [0.15, 0.2) is 0 Å². The molecule has 1 aromatic carbocycles. The maximum Gasteiger partial charge on any atom is 0.387 e. The van der Waals surface area contributed by atoms with Gasteiger partial charge >= 0.3 is 6.61 Å². The van der Waals surface area contributed by atoms with E-state index in [0.717, 1.165) is 0 Å². The number of benzene rings is 1. The van der Waals surface area contributed by atoms with Crippen LogP contribution in [0.3, 0.4) is 0 Å². The Hall–Kier alpha value is -1.15. The lowest BCUT2D eigenvalue weighted by molar-refractivity contribution is -0.0504. The van der Waals surface area contributed by atoms with Crippen LogP contribution in [-0.2, 0) is 6.42 Å². The van der Waals surface area contributed by atoms with Crippen molar-refractivity contribution in [1.82, 2.24) is 0 Å². The highest BCUT2D eigenvalue weighted by Gasteiger charge is 2.11. The first-order valence-electron chi connectivity index (χ1n) is 4.24. The van der Waals surface area contributed by atoms with Gasteiger partial charge in [0.1, 0.15) is 5.75 Å². The van der Waals surface area contributed by atoms with E-state index >= 15 is 0 Å². The molecule has 0 saturated heterocycles. The molecule has 0 heterocycles. The number of alkyl halides is 2. The van der Waals surface area contributed by atoms with Gasteiger partial charge in [-0.1, -0.05) is 22.0 Å². The van der Waals surface area contributed by atoms with Crippen molar-refractivity contribution in [3.63, 3.8) is 0 Å². The maximum atomic E-state index is 12.1. The van der Waals surface area contributed by atoms with Crippen molar-refractivity contribution >= 4 is 15.9 Å². The van der Waals surface area contributed by atoms with Gasteiger partial charge in [-0.3, -0.25) is 0 Å². The van der Waals surface area contributed by atoms with Crippen molar-refractivity contribution in [3.05, 3.63) is 28.2 Å². The van der Waals surface area contributed by atoms with E-state index in [1.165, 1.54) is 6.07 Å². The molecule has 0 aromatic heterocycles. The monoisotopic (exact) mass is 275 g/mol. The normalized spacial score (nSPS) is 10.1. The topological polar surface area (TPSA) is 33.0 Å². The second kappa shape index (κ2) is 5.66. The number of ether oxygens (including phenoxy) is 1. The van der Waals surface area contributed by atoms with E-state index in [2.05, 4.69) is 20.7 Å². The minimum atomic E-state index is -2.85. The van der Waals surface area contributed by atoms with Gasteiger partial charge in [-0.15, -0.1) is 0 Å². The van der Waals surface area contributed by atoms with Gasteiger partial charge in [0, 0.05) is 16.5 Å². The number of nitrogens with zero attached hydrogens (tertiary/aromatic N) is 1. The molecule has 0 N–H and O–H groups in total. The van der Waals surface area contributed by atoms with E-state index in [0.29, 0.717) is 16.5 Å². The zero-order valence-electron chi connectivity index (χ0n) is 7.71. The number of halogens is 3. The van der Waals surface area contributed by atoms with E-state index in [9.17, 15) is 8.78 Å². The lowest BCUT2D eigenvalue weighted by atomic mass is 10.1.